The Morgan fingerprint density at radius 1 is 0.660 bits per heavy atom. The van der Waals surface area contributed by atoms with E-state index in [1.54, 1.807) is 6.92 Å². The zero-order valence-corrected chi connectivity index (χ0v) is 28.7. The van der Waals surface area contributed by atoms with Crippen molar-refractivity contribution < 1.29 is 32.0 Å². The molecule has 6 rings (SSSR count). The van der Waals surface area contributed by atoms with Crippen LogP contribution >= 0.6 is 0 Å². The molecule has 4 aromatic carbocycles. The summed E-state index contributed by atoms with van der Waals surface area (Å²) in [6.07, 6.45) is 0. The van der Waals surface area contributed by atoms with Gasteiger partial charge in [0.15, 0.2) is 0 Å². The van der Waals surface area contributed by atoms with Gasteiger partial charge in [-0.3, -0.25) is 14.3 Å². The summed E-state index contributed by atoms with van der Waals surface area (Å²) in [5.74, 6) is 1.72. The second kappa shape index (κ2) is 16.8. The number of hydrogen-bond donors (Lipinski definition) is 0. The lowest BCUT2D eigenvalue weighted by Gasteiger charge is -2.26. The summed E-state index contributed by atoms with van der Waals surface area (Å²) < 4.78 is 6.75. The van der Waals surface area contributed by atoms with Gasteiger partial charge in [-0.2, -0.15) is 0 Å². The molecule has 1 fully saturated rings. The zero-order valence-electron chi connectivity index (χ0n) is 28.0. The zero-order chi connectivity index (χ0) is 31.9. The van der Waals surface area contributed by atoms with E-state index in [1.807, 2.05) is 0 Å². The average Bonchev–Trinajstić information content (AvgIpc) is 3.46. The van der Waals surface area contributed by atoms with Crippen molar-refractivity contribution in [1.29, 1.82) is 0 Å². The van der Waals surface area contributed by atoms with Gasteiger partial charge in [0.2, 0.25) is 0 Å². The Bertz CT molecular complexity index is 1570. The highest BCUT2D eigenvalue weighted by molar-refractivity contribution is 5.95. The minimum Gasteiger partial charge on any atom is -1.00 e. The van der Waals surface area contributed by atoms with Crippen molar-refractivity contribution in [2.24, 2.45) is 4.99 Å². The van der Waals surface area contributed by atoms with Crippen molar-refractivity contribution in [3.05, 3.63) is 144 Å². The fraction of sp³-hybridized carbons (Fsp3) is 0.289. The van der Waals surface area contributed by atoms with Crippen LogP contribution < -0.4 is 12.4 Å². The van der Waals surface area contributed by atoms with E-state index < -0.39 is 0 Å². The van der Waals surface area contributed by atoms with Crippen molar-refractivity contribution in [2.45, 2.75) is 38.0 Å². The highest BCUT2D eigenvalue weighted by Gasteiger charge is 2.49. The molecule has 2 heterocycles. The topological polar surface area (TPSA) is 82.9 Å². The fourth-order valence-corrected chi connectivity index (χ4v) is 6.68. The minimum absolute atomic E-state index is 0. The molecule has 0 aliphatic carbocycles. The average molecular weight is 656 g/mol. The molecule has 0 aromatic heterocycles. The highest BCUT2D eigenvalue weighted by Crippen LogP contribution is 2.44. The predicted octanol–water partition coefficient (Wildman–Crippen LogP) is 2.88. The smallest absolute Gasteiger partial charge is 0.393 e. The van der Waals surface area contributed by atoms with Crippen LogP contribution in [0.2, 0.25) is 0 Å². The van der Waals surface area contributed by atoms with Crippen LogP contribution in [0.25, 0.3) is 0 Å². The fourth-order valence-electron chi connectivity index (χ4n) is 6.68. The SMILES string of the molecule is CCOC(C)=O.CN1C(=NC2=[N+](C)[C@@H](c3ccccc3)[C@H](c3ccccc3)N2C)N(C)[C@@H](c2ccccc2)[C@@H]1c1ccccc1.O.[Cl-]. The molecule has 0 unspecified atom stereocenters. The van der Waals surface area contributed by atoms with Crippen LogP contribution in [0.4, 0.5) is 0 Å². The van der Waals surface area contributed by atoms with Crippen LogP contribution in [-0.4, -0.2) is 77.4 Å². The maximum atomic E-state index is 9.82. The van der Waals surface area contributed by atoms with Gasteiger partial charge in [-0.05, 0) is 34.2 Å². The number of esters is 1. The van der Waals surface area contributed by atoms with Crippen LogP contribution in [0, 0.1) is 0 Å². The number of aliphatic imine (C=N–C) groups is 1. The summed E-state index contributed by atoms with van der Waals surface area (Å²) in [6.45, 7) is 3.65. The van der Waals surface area contributed by atoms with E-state index in [2.05, 4.69) is 174 Å². The molecule has 0 amide bonds. The van der Waals surface area contributed by atoms with Crippen LogP contribution in [0.5, 0.6) is 0 Å². The lowest BCUT2D eigenvalue weighted by atomic mass is 9.93. The predicted molar refractivity (Wildman–Crippen MR) is 185 cm³/mol. The van der Waals surface area contributed by atoms with Crippen molar-refractivity contribution in [2.75, 3.05) is 34.8 Å². The van der Waals surface area contributed by atoms with Crippen LogP contribution in [0.1, 0.15) is 60.3 Å². The standard InChI is InChI=1S/C34H36N5.C4H8O2.ClH.H2O/c1-36-29(25-17-9-5-10-18-25)30(26-19-11-6-12-20-26)37(2)33(36)35-34-38(3)31(27-21-13-7-14-22-27)32(39(34)4)28-23-15-8-16-24-28;1-3-6-4(2)5;;/h5-24,29-32H,1-4H3;3H2,1-2H3;1H;1H2/q+1;;;/p-1/t29-,30-,31-,32-;;;/m0.../s1. The minimum atomic E-state index is -0.211. The maximum absolute atomic E-state index is 9.82. The van der Waals surface area contributed by atoms with E-state index in [-0.39, 0.29) is 48.0 Å². The third-order valence-electron chi connectivity index (χ3n) is 8.64. The molecule has 1 saturated heterocycles. The van der Waals surface area contributed by atoms with Gasteiger partial charge >= 0.3 is 11.9 Å². The molecule has 0 bridgehead atoms. The monoisotopic (exact) mass is 655 g/mol. The molecular formula is C38H46ClN5O3. The molecule has 4 atom stereocenters. The van der Waals surface area contributed by atoms with Gasteiger partial charge in [0.05, 0.1) is 32.8 Å². The van der Waals surface area contributed by atoms with E-state index in [0.717, 1.165) is 11.9 Å². The number of guanidine groups is 2. The van der Waals surface area contributed by atoms with Crippen LogP contribution in [-0.2, 0) is 9.53 Å². The van der Waals surface area contributed by atoms with E-state index in [9.17, 15) is 4.79 Å². The third kappa shape index (κ3) is 7.84. The largest absolute Gasteiger partial charge is 1.00 e. The molecule has 4 aromatic rings. The Balaban J connectivity index is 0.000000689. The molecule has 8 nitrogen and oxygen atoms in total. The number of hydrogen-bond acceptors (Lipinski definition) is 4. The molecular weight excluding hydrogens is 610 g/mol. The van der Waals surface area contributed by atoms with E-state index in [4.69, 9.17) is 4.99 Å². The van der Waals surface area contributed by atoms with Crippen molar-refractivity contribution >= 4 is 17.9 Å². The Kier molecular flexibility index (Phi) is 13.1. The number of carbonyl (C=O) groups is 1. The number of nitrogens with zero attached hydrogens (tertiary/aromatic N) is 5. The van der Waals surface area contributed by atoms with Crippen molar-refractivity contribution in [3.63, 3.8) is 0 Å². The first-order valence-electron chi connectivity index (χ1n) is 15.5. The first-order chi connectivity index (χ1) is 21.8. The number of likely N-dealkylation sites (N-methyl/N-ethyl adjacent to an activating group) is 4. The van der Waals surface area contributed by atoms with Gasteiger partial charge in [0.25, 0.3) is 5.96 Å². The van der Waals surface area contributed by atoms with E-state index in [1.165, 1.54) is 29.2 Å². The Hall–Kier alpha value is -4.66. The second-order valence-corrected chi connectivity index (χ2v) is 11.5. The van der Waals surface area contributed by atoms with Crippen LogP contribution in [0.15, 0.2) is 126 Å². The number of halogens is 1. The van der Waals surface area contributed by atoms with Gasteiger partial charge in [0, 0.05) is 21.0 Å². The van der Waals surface area contributed by atoms with Gasteiger partial charge in [-0.1, -0.05) is 121 Å². The summed E-state index contributed by atoms with van der Waals surface area (Å²) in [7, 11) is 8.70. The van der Waals surface area contributed by atoms with Gasteiger partial charge < -0.3 is 32.4 Å². The maximum Gasteiger partial charge on any atom is 0.393 e. The molecule has 2 N–H and O–H groups in total. The Morgan fingerprint density at radius 3 is 1.36 bits per heavy atom. The molecule has 0 radical (unpaired) electrons. The van der Waals surface area contributed by atoms with Crippen LogP contribution in [0.3, 0.4) is 0 Å². The first-order valence-corrected chi connectivity index (χ1v) is 15.5. The number of rotatable bonds is 5. The lowest BCUT2D eigenvalue weighted by Crippen LogP contribution is -3.00. The molecule has 248 valence electrons. The summed E-state index contributed by atoms with van der Waals surface area (Å²) in [6, 6.07) is 43.8. The second-order valence-electron chi connectivity index (χ2n) is 11.5. The quantitative estimate of drug-likeness (QED) is 0.244. The molecule has 47 heavy (non-hydrogen) atoms. The van der Waals surface area contributed by atoms with Gasteiger partial charge in [-0.25, -0.2) is 0 Å². The Morgan fingerprint density at radius 2 is 1.02 bits per heavy atom. The van der Waals surface area contributed by atoms with E-state index >= 15 is 0 Å². The Labute approximate surface area is 285 Å². The molecule has 9 heteroatoms. The number of benzene rings is 4. The molecule has 2 aliphatic rings. The van der Waals surface area contributed by atoms with Gasteiger partial charge in [0.1, 0.15) is 12.1 Å². The molecule has 2 aliphatic heterocycles. The summed E-state index contributed by atoms with van der Waals surface area (Å²) >= 11 is 0. The third-order valence-corrected chi connectivity index (χ3v) is 8.64. The number of carbonyl (C=O) groups excluding carboxylic acids is 1. The lowest BCUT2D eigenvalue weighted by molar-refractivity contribution is -0.539. The number of ether oxygens (including phenoxy) is 1. The normalized spacial score (nSPS) is 20.1. The molecule has 0 spiro atoms. The molecule has 0 saturated carbocycles. The first kappa shape index (κ1) is 36.8. The van der Waals surface area contributed by atoms with Crippen molar-refractivity contribution in [3.8, 4) is 0 Å². The van der Waals surface area contributed by atoms with E-state index in [0.29, 0.717) is 6.61 Å². The van der Waals surface area contributed by atoms with Crippen molar-refractivity contribution in [1.82, 2.24) is 14.7 Å². The summed E-state index contributed by atoms with van der Waals surface area (Å²) in [4.78, 5) is 22.3. The van der Waals surface area contributed by atoms with Gasteiger partial charge in [-0.15, -0.1) is 0 Å². The summed E-state index contributed by atoms with van der Waals surface area (Å²) in [5.41, 5.74) is 5.14. The summed E-state index contributed by atoms with van der Waals surface area (Å²) in [5, 5.41) is 0. The highest BCUT2D eigenvalue weighted by atomic mass is 35.5.